The van der Waals surface area contributed by atoms with Crippen LogP contribution in [0, 0.1) is 24.0 Å². The molecule has 124 valence electrons. The minimum absolute atomic E-state index is 0.0645. The van der Waals surface area contributed by atoms with Crippen molar-refractivity contribution in [1.82, 2.24) is 24.9 Å². The highest BCUT2D eigenvalue weighted by atomic mass is 16.6. The lowest BCUT2D eigenvalue weighted by atomic mass is 10.1. The monoisotopic (exact) mass is 320 g/mol. The standard InChI is InChI=1S/C14H20N6O3/c1-5-18-10(3)12(6-15-18)9(2)17-14(21)8-19-11(4)13(7-16-19)20(22)23/h6-7,9H,5,8H2,1-4H3,(H,17,21). The van der Waals surface area contributed by atoms with Crippen LogP contribution in [0.2, 0.25) is 0 Å². The average molecular weight is 320 g/mol. The first-order valence-corrected chi connectivity index (χ1v) is 7.33. The predicted molar refractivity (Wildman–Crippen MR) is 82.8 cm³/mol. The number of hydrogen-bond donors (Lipinski definition) is 1. The Morgan fingerprint density at radius 2 is 1.96 bits per heavy atom. The summed E-state index contributed by atoms with van der Waals surface area (Å²) in [5.74, 6) is -0.262. The summed E-state index contributed by atoms with van der Waals surface area (Å²) < 4.78 is 3.18. The van der Waals surface area contributed by atoms with Crippen molar-refractivity contribution in [1.29, 1.82) is 0 Å². The molecule has 0 bridgehead atoms. The number of nitrogens with one attached hydrogen (secondary N) is 1. The normalized spacial score (nSPS) is 12.2. The van der Waals surface area contributed by atoms with Crippen LogP contribution in [0.15, 0.2) is 12.4 Å². The van der Waals surface area contributed by atoms with Gasteiger partial charge in [0.05, 0.1) is 17.2 Å². The van der Waals surface area contributed by atoms with E-state index in [9.17, 15) is 14.9 Å². The second kappa shape index (κ2) is 6.59. The third-order valence-electron chi connectivity index (χ3n) is 3.85. The van der Waals surface area contributed by atoms with Crippen LogP contribution in [-0.4, -0.2) is 30.4 Å². The van der Waals surface area contributed by atoms with E-state index in [1.807, 2.05) is 25.5 Å². The molecular formula is C14H20N6O3. The van der Waals surface area contributed by atoms with Gasteiger partial charge in [0.15, 0.2) is 0 Å². The fourth-order valence-electron chi connectivity index (χ4n) is 2.48. The molecule has 9 nitrogen and oxygen atoms in total. The summed E-state index contributed by atoms with van der Waals surface area (Å²) in [4.78, 5) is 22.4. The van der Waals surface area contributed by atoms with Crippen molar-refractivity contribution >= 4 is 11.6 Å². The van der Waals surface area contributed by atoms with Crippen molar-refractivity contribution in [2.45, 2.75) is 46.8 Å². The second-order valence-corrected chi connectivity index (χ2v) is 5.32. The summed E-state index contributed by atoms with van der Waals surface area (Å²) in [6.45, 7) is 8.10. The van der Waals surface area contributed by atoms with E-state index in [0.29, 0.717) is 5.69 Å². The van der Waals surface area contributed by atoms with Crippen molar-refractivity contribution in [2.75, 3.05) is 0 Å². The number of amides is 1. The van der Waals surface area contributed by atoms with E-state index in [1.54, 1.807) is 13.1 Å². The lowest BCUT2D eigenvalue weighted by Gasteiger charge is -2.14. The molecule has 0 spiro atoms. The van der Waals surface area contributed by atoms with Crippen molar-refractivity contribution in [3.05, 3.63) is 39.5 Å². The van der Waals surface area contributed by atoms with E-state index in [2.05, 4.69) is 15.5 Å². The minimum atomic E-state index is -0.512. The highest BCUT2D eigenvalue weighted by Crippen LogP contribution is 2.18. The minimum Gasteiger partial charge on any atom is -0.348 e. The number of nitro groups is 1. The van der Waals surface area contributed by atoms with Gasteiger partial charge in [-0.1, -0.05) is 0 Å². The number of hydrogen-bond acceptors (Lipinski definition) is 5. The van der Waals surface area contributed by atoms with E-state index < -0.39 is 4.92 Å². The van der Waals surface area contributed by atoms with Crippen LogP contribution in [0.1, 0.15) is 36.8 Å². The SMILES string of the molecule is CCn1ncc(C(C)NC(=O)Cn2ncc([N+](=O)[O-])c2C)c1C. The van der Waals surface area contributed by atoms with Gasteiger partial charge in [-0.3, -0.25) is 24.3 Å². The summed E-state index contributed by atoms with van der Waals surface area (Å²) in [5.41, 5.74) is 2.22. The largest absolute Gasteiger partial charge is 0.348 e. The number of aromatic nitrogens is 4. The summed E-state index contributed by atoms with van der Waals surface area (Å²) >= 11 is 0. The van der Waals surface area contributed by atoms with E-state index in [0.717, 1.165) is 24.0 Å². The molecule has 0 aliphatic rings. The molecule has 23 heavy (non-hydrogen) atoms. The van der Waals surface area contributed by atoms with E-state index in [-0.39, 0.29) is 24.2 Å². The fourth-order valence-corrected chi connectivity index (χ4v) is 2.48. The third kappa shape index (κ3) is 3.38. The highest BCUT2D eigenvalue weighted by molar-refractivity contribution is 5.76. The number of carbonyl (C=O) groups is 1. The Morgan fingerprint density at radius 3 is 2.48 bits per heavy atom. The first-order valence-electron chi connectivity index (χ1n) is 7.33. The van der Waals surface area contributed by atoms with Gasteiger partial charge in [-0.2, -0.15) is 10.2 Å². The Bertz CT molecular complexity index is 733. The van der Waals surface area contributed by atoms with Gasteiger partial charge in [0.2, 0.25) is 5.91 Å². The van der Waals surface area contributed by atoms with Crippen LogP contribution < -0.4 is 5.32 Å². The molecule has 1 atom stereocenters. The molecule has 1 amide bonds. The van der Waals surface area contributed by atoms with Crippen molar-refractivity contribution in [2.24, 2.45) is 0 Å². The Labute approximate surface area is 133 Å². The lowest BCUT2D eigenvalue weighted by Crippen LogP contribution is -2.31. The van der Waals surface area contributed by atoms with Crippen LogP contribution in [0.25, 0.3) is 0 Å². The number of rotatable bonds is 6. The van der Waals surface area contributed by atoms with Gasteiger partial charge in [0.25, 0.3) is 0 Å². The van der Waals surface area contributed by atoms with Gasteiger partial charge in [0.1, 0.15) is 18.4 Å². The average Bonchev–Trinajstić information content (AvgIpc) is 3.02. The van der Waals surface area contributed by atoms with Gasteiger partial charge < -0.3 is 5.32 Å². The van der Waals surface area contributed by atoms with E-state index in [4.69, 9.17) is 0 Å². The van der Waals surface area contributed by atoms with Crippen molar-refractivity contribution < 1.29 is 9.72 Å². The van der Waals surface area contributed by atoms with Gasteiger partial charge in [-0.05, 0) is 27.7 Å². The van der Waals surface area contributed by atoms with Gasteiger partial charge in [0, 0.05) is 17.8 Å². The summed E-state index contributed by atoms with van der Waals surface area (Å²) in [6.07, 6.45) is 2.90. The van der Waals surface area contributed by atoms with E-state index in [1.165, 1.54) is 4.68 Å². The topological polar surface area (TPSA) is 108 Å². The smallest absolute Gasteiger partial charge is 0.309 e. The molecule has 1 unspecified atom stereocenters. The Morgan fingerprint density at radius 1 is 1.30 bits per heavy atom. The molecule has 2 aromatic rings. The van der Waals surface area contributed by atoms with Gasteiger partial charge in [-0.25, -0.2) is 0 Å². The van der Waals surface area contributed by atoms with Crippen LogP contribution in [0.5, 0.6) is 0 Å². The van der Waals surface area contributed by atoms with Crippen LogP contribution in [-0.2, 0) is 17.9 Å². The number of carbonyl (C=O) groups excluding carboxylic acids is 1. The third-order valence-corrected chi connectivity index (χ3v) is 3.85. The van der Waals surface area contributed by atoms with Crippen LogP contribution in [0.3, 0.4) is 0 Å². The zero-order valence-electron chi connectivity index (χ0n) is 13.6. The predicted octanol–water partition coefficient (Wildman–Crippen LogP) is 1.50. The van der Waals surface area contributed by atoms with Crippen molar-refractivity contribution in [3.8, 4) is 0 Å². The molecule has 0 aliphatic carbocycles. The molecule has 0 saturated carbocycles. The summed E-state index contributed by atoms with van der Waals surface area (Å²) in [6, 6.07) is -0.200. The molecule has 2 rings (SSSR count). The second-order valence-electron chi connectivity index (χ2n) is 5.32. The molecule has 0 fully saturated rings. The molecule has 0 aliphatic heterocycles. The Kier molecular flexibility index (Phi) is 4.77. The van der Waals surface area contributed by atoms with Crippen LogP contribution >= 0.6 is 0 Å². The zero-order valence-corrected chi connectivity index (χ0v) is 13.6. The maximum absolute atomic E-state index is 12.1. The molecule has 9 heteroatoms. The lowest BCUT2D eigenvalue weighted by molar-refractivity contribution is -0.385. The maximum atomic E-state index is 12.1. The molecule has 0 radical (unpaired) electrons. The number of aryl methyl sites for hydroxylation is 1. The Hall–Kier alpha value is -2.71. The van der Waals surface area contributed by atoms with Gasteiger partial charge in [-0.15, -0.1) is 0 Å². The first-order chi connectivity index (χ1) is 10.8. The Balaban J connectivity index is 2.04. The zero-order chi connectivity index (χ0) is 17.1. The maximum Gasteiger partial charge on any atom is 0.309 e. The van der Waals surface area contributed by atoms with Crippen LogP contribution in [0.4, 0.5) is 5.69 Å². The highest BCUT2D eigenvalue weighted by Gasteiger charge is 2.19. The summed E-state index contributed by atoms with van der Waals surface area (Å²) in [7, 11) is 0. The fraction of sp³-hybridized carbons (Fsp3) is 0.500. The number of nitrogens with zero attached hydrogens (tertiary/aromatic N) is 5. The molecule has 0 aromatic carbocycles. The summed E-state index contributed by atoms with van der Waals surface area (Å²) in [5, 5.41) is 21.8. The molecule has 1 N–H and O–H groups in total. The first kappa shape index (κ1) is 16.7. The quantitative estimate of drug-likeness (QED) is 0.641. The molecular weight excluding hydrogens is 300 g/mol. The molecule has 0 saturated heterocycles. The van der Waals surface area contributed by atoms with Gasteiger partial charge >= 0.3 is 5.69 Å². The van der Waals surface area contributed by atoms with E-state index >= 15 is 0 Å². The molecule has 2 heterocycles. The van der Waals surface area contributed by atoms with Crippen molar-refractivity contribution in [3.63, 3.8) is 0 Å². The molecule has 2 aromatic heterocycles.